The van der Waals surface area contributed by atoms with Gasteiger partial charge in [-0.05, 0) is 57.0 Å². The fourth-order valence-electron chi connectivity index (χ4n) is 7.46. The number of hydrogen-bond donors (Lipinski definition) is 2. The summed E-state index contributed by atoms with van der Waals surface area (Å²) in [7, 11) is 0. The smallest absolute Gasteiger partial charge is 0.255 e. The van der Waals surface area contributed by atoms with Gasteiger partial charge >= 0.3 is 0 Å². The first kappa shape index (κ1) is 33.6. The average molecular weight is 656 g/mol. The van der Waals surface area contributed by atoms with E-state index in [2.05, 4.69) is 96.5 Å². The molecule has 4 aromatic carbocycles. The number of ether oxygens (including phenoxy) is 1. The van der Waals surface area contributed by atoms with E-state index in [1.54, 1.807) is 0 Å². The SMILES string of the molecule is C#CCN[C@H](C(=O)NCCN1C(=O)c2ccccc2C12c1ccc(N(CC)CC)cc1Oc1cc(N(CC)CC)ccc12)c1ccccc1. The van der Waals surface area contributed by atoms with Crippen molar-refractivity contribution < 1.29 is 14.3 Å². The molecule has 0 radical (unpaired) electrons. The number of terminal acetylenes is 1. The number of carbonyl (C=O) groups excluding carboxylic acids is 2. The van der Waals surface area contributed by atoms with E-state index in [4.69, 9.17) is 11.2 Å². The maximum atomic E-state index is 14.5. The number of nitrogens with zero attached hydrogens (tertiary/aromatic N) is 3. The highest BCUT2D eigenvalue weighted by molar-refractivity contribution is 6.02. The van der Waals surface area contributed by atoms with Gasteiger partial charge in [0.1, 0.15) is 23.1 Å². The van der Waals surface area contributed by atoms with E-state index in [0.717, 1.165) is 71.3 Å². The molecule has 8 nitrogen and oxygen atoms in total. The number of rotatable bonds is 13. The first-order valence-electron chi connectivity index (χ1n) is 17.3. The van der Waals surface area contributed by atoms with Crippen LogP contribution >= 0.6 is 0 Å². The summed E-state index contributed by atoms with van der Waals surface area (Å²) in [6.45, 7) is 12.7. The maximum absolute atomic E-state index is 14.5. The fraction of sp³-hybridized carbons (Fsp3) is 0.317. The van der Waals surface area contributed by atoms with Crippen LogP contribution < -0.4 is 25.2 Å². The highest BCUT2D eigenvalue weighted by Gasteiger charge is 2.56. The summed E-state index contributed by atoms with van der Waals surface area (Å²) >= 11 is 0. The normalized spacial score (nSPS) is 14.3. The molecule has 0 aromatic heterocycles. The molecule has 1 atom stereocenters. The minimum Gasteiger partial charge on any atom is -0.456 e. The molecule has 0 saturated carbocycles. The van der Waals surface area contributed by atoms with Gasteiger partial charge in [0.25, 0.3) is 5.91 Å². The van der Waals surface area contributed by atoms with Gasteiger partial charge in [-0.3, -0.25) is 14.9 Å². The zero-order valence-electron chi connectivity index (χ0n) is 28.8. The lowest BCUT2D eigenvalue weighted by Crippen LogP contribution is -2.50. The van der Waals surface area contributed by atoms with Gasteiger partial charge in [-0.25, -0.2) is 0 Å². The van der Waals surface area contributed by atoms with E-state index in [-0.39, 0.29) is 31.4 Å². The molecule has 8 heteroatoms. The minimum absolute atomic E-state index is 0.0886. The van der Waals surface area contributed by atoms with Crippen molar-refractivity contribution in [2.75, 3.05) is 55.6 Å². The van der Waals surface area contributed by atoms with Crippen molar-refractivity contribution >= 4 is 23.2 Å². The molecule has 0 aliphatic carbocycles. The molecule has 2 N–H and O–H groups in total. The molecule has 49 heavy (non-hydrogen) atoms. The third kappa shape index (κ3) is 5.89. The summed E-state index contributed by atoms with van der Waals surface area (Å²) in [5.41, 5.74) is 5.31. The molecule has 252 valence electrons. The Morgan fingerprint density at radius 2 is 1.39 bits per heavy atom. The topological polar surface area (TPSA) is 77.2 Å². The van der Waals surface area contributed by atoms with Gasteiger partial charge in [0.05, 0.1) is 6.54 Å². The largest absolute Gasteiger partial charge is 0.456 e. The van der Waals surface area contributed by atoms with Gasteiger partial charge in [-0.15, -0.1) is 6.42 Å². The first-order chi connectivity index (χ1) is 23.9. The molecule has 0 saturated heterocycles. The monoisotopic (exact) mass is 655 g/mol. The molecule has 0 fully saturated rings. The fourth-order valence-corrected chi connectivity index (χ4v) is 7.46. The van der Waals surface area contributed by atoms with Crippen molar-refractivity contribution in [2.24, 2.45) is 0 Å². The van der Waals surface area contributed by atoms with Crippen LogP contribution in [0.15, 0.2) is 91.0 Å². The maximum Gasteiger partial charge on any atom is 0.255 e. The zero-order valence-corrected chi connectivity index (χ0v) is 28.8. The molecular formula is C41H45N5O3. The van der Waals surface area contributed by atoms with Crippen LogP contribution in [0.3, 0.4) is 0 Å². The number of anilines is 2. The highest BCUT2D eigenvalue weighted by atomic mass is 16.5. The molecule has 0 unspecified atom stereocenters. The summed E-state index contributed by atoms with van der Waals surface area (Å²) in [4.78, 5) is 34.6. The molecule has 1 spiro atoms. The van der Waals surface area contributed by atoms with E-state index in [9.17, 15) is 9.59 Å². The molecule has 6 rings (SSSR count). The van der Waals surface area contributed by atoms with Gasteiger partial charge in [0, 0.05) is 79.5 Å². The Hall–Kier alpha value is -5.26. The number of amides is 2. The Balaban J connectivity index is 1.45. The Morgan fingerprint density at radius 1 is 0.816 bits per heavy atom. The van der Waals surface area contributed by atoms with Crippen molar-refractivity contribution in [3.8, 4) is 23.8 Å². The van der Waals surface area contributed by atoms with Gasteiger partial charge in [-0.2, -0.15) is 0 Å². The molecule has 2 amide bonds. The van der Waals surface area contributed by atoms with Gasteiger partial charge in [-0.1, -0.05) is 66.6 Å². The van der Waals surface area contributed by atoms with Gasteiger partial charge in [0.15, 0.2) is 0 Å². The van der Waals surface area contributed by atoms with Crippen LogP contribution in [0.5, 0.6) is 11.5 Å². The number of benzene rings is 4. The number of nitrogens with one attached hydrogen (secondary N) is 2. The van der Waals surface area contributed by atoms with Crippen LogP contribution in [-0.4, -0.2) is 62.5 Å². The summed E-state index contributed by atoms with van der Waals surface area (Å²) < 4.78 is 6.80. The van der Waals surface area contributed by atoms with Crippen molar-refractivity contribution in [2.45, 2.75) is 39.3 Å². The second-order valence-electron chi connectivity index (χ2n) is 12.2. The van der Waals surface area contributed by atoms with Gasteiger partial charge in [0.2, 0.25) is 5.91 Å². The Morgan fingerprint density at radius 3 is 1.96 bits per heavy atom. The lowest BCUT2D eigenvalue weighted by Gasteiger charge is -2.45. The summed E-state index contributed by atoms with van der Waals surface area (Å²) in [6.07, 6.45) is 5.53. The lowest BCUT2D eigenvalue weighted by atomic mass is 9.74. The summed E-state index contributed by atoms with van der Waals surface area (Å²) in [5, 5.41) is 6.27. The van der Waals surface area contributed by atoms with Crippen molar-refractivity contribution in [3.05, 3.63) is 119 Å². The quantitative estimate of drug-likeness (QED) is 0.165. The zero-order chi connectivity index (χ0) is 34.5. The van der Waals surface area contributed by atoms with E-state index >= 15 is 0 Å². The summed E-state index contributed by atoms with van der Waals surface area (Å²) in [5.74, 6) is 3.71. The molecule has 4 aromatic rings. The van der Waals surface area contributed by atoms with Crippen molar-refractivity contribution in [1.82, 2.24) is 15.5 Å². The molecule has 0 bridgehead atoms. The average Bonchev–Trinajstić information content (AvgIpc) is 3.37. The summed E-state index contributed by atoms with van der Waals surface area (Å²) in [6, 6.07) is 29.4. The van der Waals surface area contributed by atoms with Crippen LogP contribution in [0.2, 0.25) is 0 Å². The van der Waals surface area contributed by atoms with Crippen LogP contribution in [0.4, 0.5) is 11.4 Å². The Labute approximate surface area is 290 Å². The van der Waals surface area contributed by atoms with Crippen molar-refractivity contribution in [3.63, 3.8) is 0 Å². The minimum atomic E-state index is -0.967. The third-order valence-electron chi connectivity index (χ3n) is 9.82. The van der Waals surface area contributed by atoms with Crippen LogP contribution in [0.1, 0.15) is 66.3 Å². The van der Waals surface area contributed by atoms with E-state index in [1.165, 1.54) is 0 Å². The van der Waals surface area contributed by atoms with Crippen molar-refractivity contribution in [1.29, 1.82) is 0 Å². The molecular weight excluding hydrogens is 610 g/mol. The standard InChI is InChI=1S/C41H45N5O3/c1-6-24-42-38(29-16-12-11-13-17-29)39(47)43-25-26-46-40(48)32-18-14-15-19-33(32)41(46)34-22-20-30(44(7-2)8-3)27-36(34)49-37-28-31(21-23-35(37)41)45(9-4)10-5/h1,11-23,27-28,38,42H,7-10,24-26H2,2-5H3,(H,43,47)/t38-/m0/s1. The van der Waals surface area contributed by atoms with E-state index in [0.29, 0.717) is 5.56 Å². The van der Waals surface area contributed by atoms with Crippen LogP contribution in [0.25, 0.3) is 0 Å². The number of hydrogen-bond acceptors (Lipinski definition) is 6. The first-order valence-corrected chi connectivity index (χ1v) is 17.3. The number of fused-ring (bicyclic) bond motifs is 6. The predicted octanol–water partition coefficient (Wildman–Crippen LogP) is 6.31. The Bertz CT molecular complexity index is 1800. The van der Waals surface area contributed by atoms with Gasteiger partial charge < -0.3 is 24.8 Å². The molecule has 2 heterocycles. The van der Waals surface area contributed by atoms with Crippen LogP contribution in [-0.2, 0) is 10.3 Å². The number of carbonyl (C=O) groups is 2. The van der Waals surface area contributed by atoms with E-state index in [1.807, 2.05) is 53.4 Å². The lowest BCUT2D eigenvalue weighted by molar-refractivity contribution is -0.123. The Kier molecular flexibility index (Phi) is 9.93. The molecule has 2 aliphatic heterocycles. The third-order valence-corrected chi connectivity index (χ3v) is 9.82. The second-order valence-corrected chi connectivity index (χ2v) is 12.2. The van der Waals surface area contributed by atoms with E-state index < -0.39 is 11.6 Å². The predicted molar refractivity (Wildman–Crippen MR) is 196 cm³/mol. The molecule has 2 aliphatic rings. The second kappa shape index (κ2) is 14.5. The highest BCUT2D eigenvalue weighted by Crippen LogP contribution is 2.58. The van der Waals surface area contributed by atoms with Crippen LogP contribution in [0, 0.1) is 12.3 Å².